The summed E-state index contributed by atoms with van der Waals surface area (Å²) in [4.78, 5) is 22.6. The van der Waals surface area contributed by atoms with Gasteiger partial charge in [-0.3, -0.25) is 14.9 Å². The van der Waals surface area contributed by atoms with Gasteiger partial charge in [0.2, 0.25) is 10.0 Å². The van der Waals surface area contributed by atoms with E-state index in [0.29, 0.717) is 18.8 Å². The predicted molar refractivity (Wildman–Crippen MR) is 109 cm³/mol. The SMILES string of the molecule is O=C(N/N=C/c1ccc(Cl)c([N+](=O)[O-])c1)c1cccc(S(=O)(=O)N2CCOCC2)c1. The van der Waals surface area contributed by atoms with Crippen molar-refractivity contribution < 1.29 is 22.9 Å². The Labute approximate surface area is 177 Å². The molecule has 1 fully saturated rings. The molecule has 2 aromatic rings. The lowest BCUT2D eigenvalue weighted by atomic mass is 10.2. The summed E-state index contributed by atoms with van der Waals surface area (Å²) in [6.45, 7) is 1.13. The van der Waals surface area contributed by atoms with Crippen LogP contribution < -0.4 is 5.43 Å². The van der Waals surface area contributed by atoms with Crippen molar-refractivity contribution in [2.45, 2.75) is 4.90 Å². The van der Waals surface area contributed by atoms with E-state index >= 15 is 0 Å². The van der Waals surface area contributed by atoms with Crippen LogP contribution >= 0.6 is 11.6 Å². The van der Waals surface area contributed by atoms with Gasteiger partial charge in [0.25, 0.3) is 11.6 Å². The van der Waals surface area contributed by atoms with Crippen molar-refractivity contribution in [2.24, 2.45) is 5.10 Å². The molecule has 2 aromatic carbocycles. The third-order valence-corrected chi connectivity index (χ3v) is 6.46. The fourth-order valence-corrected chi connectivity index (χ4v) is 4.35. The van der Waals surface area contributed by atoms with Crippen molar-refractivity contribution in [3.8, 4) is 0 Å². The molecule has 1 aliphatic heterocycles. The van der Waals surface area contributed by atoms with Crippen LogP contribution in [0.5, 0.6) is 0 Å². The first kappa shape index (κ1) is 21.8. The lowest BCUT2D eigenvalue weighted by Gasteiger charge is -2.26. The van der Waals surface area contributed by atoms with Crippen LogP contribution in [0.15, 0.2) is 52.5 Å². The van der Waals surface area contributed by atoms with Gasteiger partial charge < -0.3 is 4.74 Å². The Morgan fingerprint density at radius 3 is 2.67 bits per heavy atom. The van der Waals surface area contributed by atoms with Crippen molar-refractivity contribution in [3.05, 3.63) is 68.7 Å². The molecule has 0 bridgehead atoms. The van der Waals surface area contributed by atoms with Crippen molar-refractivity contribution in [2.75, 3.05) is 26.3 Å². The number of benzene rings is 2. The highest BCUT2D eigenvalue weighted by atomic mass is 35.5. The van der Waals surface area contributed by atoms with Crippen molar-refractivity contribution in [3.63, 3.8) is 0 Å². The molecule has 1 saturated heterocycles. The molecule has 0 unspecified atom stereocenters. The first-order valence-corrected chi connectivity index (χ1v) is 10.6. The maximum Gasteiger partial charge on any atom is 0.288 e. The van der Waals surface area contributed by atoms with E-state index in [1.165, 1.54) is 53.0 Å². The van der Waals surface area contributed by atoms with Crippen LogP contribution in [0.3, 0.4) is 0 Å². The van der Waals surface area contributed by atoms with E-state index in [2.05, 4.69) is 10.5 Å². The van der Waals surface area contributed by atoms with Crippen molar-refractivity contribution >= 4 is 39.4 Å². The Bertz CT molecular complexity index is 1100. The normalized spacial score (nSPS) is 15.2. The first-order chi connectivity index (χ1) is 14.3. The zero-order valence-corrected chi connectivity index (χ0v) is 17.1. The maximum absolute atomic E-state index is 12.7. The number of halogens is 1. The summed E-state index contributed by atoms with van der Waals surface area (Å²) in [5, 5.41) is 14.7. The van der Waals surface area contributed by atoms with E-state index in [1.807, 2.05) is 0 Å². The molecule has 1 heterocycles. The van der Waals surface area contributed by atoms with Gasteiger partial charge >= 0.3 is 0 Å². The standard InChI is InChI=1S/C18H17ClN4O6S/c19-16-5-4-13(10-17(16)23(25)26)12-20-21-18(24)14-2-1-3-15(11-14)30(27,28)22-6-8-29-9-7-22/h1-5,10-12H,6-9H2,(H,21,24)/b20-12+. The summed E-state index contributed by atoms with van der Waals surface area (Å²) in [5.74, 6) is -0.631. The molecule has 1 amide bonds. The summed E-state index contributed by atoms with van der Waals surface area (Å²) >= 11 is 5.75. The Kier molecular flexibility index (Phi) is 6.77. The number of hydrogen-bond donors (Lipinski definition) is 1. The smallest absolute Gasteiger partial charge is 0.288 e. The Morgan fingerprint density at radius 2 is 1.97 bits per heavy atom. The summed E-state index contributed by atoms with van der Waals surface area (Å²) < 4.78 is 31.9. The minimum absolute atomic E-state index is 0.00523. The Morgan fingerprint density at radius 1 is 1.23 bits per heavy atom. The number of carbonyl (C=O) groups excluding carboxylic acids is 1. The number of rotatable bonds is 6. The number of amides is 1. The number of nitrogens with zero attached hydrogens (tertiary/aromatic N) is 3. The maximum atomic E-state index is 12.7. The van der Waals surface area contributed by atoms with E-state index in [-0.39, 0.29) is 34.3 Å². The van der Waals surface area contributed by atoms with Crippen LogP contribution in [0.2, 0.25) is 5.02 Å². The number of hydrazone groups is 1. The third kappa shape index (κ3) is 5.00. The number of nitro groups is 1. The van der Waals surface area contributed by atoms with Gasteiger partial charge in [0.15, 0.2) is 0 Å². The highest BCUT2D eigenvalue weighted by Crippen LogP contribution is 2.24. The topological polar surface area (TPSA) is 131 Å². The Balaban J connectivity index is 1.72. The molecule has 1 N–H and O–H groups in total. The molecule has 0 aromatic heterocycles. The predicted octanol–water partition coefficient (Wildman–Crippen LogP) is 2.03. The number of ether oxygens (including phenoxy) is 1. The van der Waals surface area contributed by atoms with Gasteiger partial charge in [-0.1, -0.05) is 23.7 Å². The van der Waals surface area contributed by atoms with Crippen LogP contribution in [0, 0.1) is 10.1 Å². The van der Waals surface area contributed by atoms with E-state index < -0.39 is 20.9 Å². The molecule has 158 valence electrons. The average molecular weight is 453 g/mol. The largest absolute Gasteiger partial charge is 0.379 e. The summed E-state index contributed by atoms with van der Waals surface area (Å²) in [7, 11) is -3.74. The molecule has 3 rings (SSSR count). The van der Waals surface area contributed by atoms with Crippen LogP contribution in [-0.2, 0) is 14.8 Å². The van der Waals surface area contributed by atoms with Crippen molar-refractivity contribution in [1.29, 1.82) is 0 Å². The molecule has 0 saturated carbocycles. The molecule has 0 atom stereocenters. The number of carbonyl (C=O) groups is 1. The van der Waals surface area contributed by atoms with E-state index in [1.54, 1.807) is 0 Å². The fourth-order valence-electron chi connectivity index (χ4n) is 2.71. The lowest BCUT2D eigenvalue weighted by molar-refractivity contribution is -0.384. The van der Waals surface area contributed by atoms with Crippen LogP contribution in [0.4, 0.5) is 5.69 Å². The summed E-state index contributed by atoms with van der Waals surface area (Å²) in [6.07, 6.45) is 1.22. The van der Waals surface area contributed by atoms with E-state index in [0.717, 1.165) is 0 Å². The fraction of sp³-hybridized carbons (Fsp3) is 0.222. The van der Waals surface area contributed by atoms with Crippen LogP contribution in [0.1, 0.15) is 15.9 Å². The second-order valence-electron chi connectivity index (χ2n) is 6.21. The van der Waals surface area contributed by atoms with Gasteiger partial charge in [-0.15, -0.1) is 0 Å². The highest BCUT2D eigenvalue weighted by Gasteiger charge is 2.26. The minimum Gasteiger partial charge on any atom is -0.379 e. The monoisotopic (exact) mass is 452 g/mol. The second kappa shape index (κ2) is 9.30. The Hall–Kier alpha value is -2.86. The van der Waals surface area contributed by atoms with Crippen LogP contribution in [-0.4, -0.2) is 56.1 Å². The summed E-state index contributed by atoms with van der Waals surface area (Å²) in [6, 6.07) is 9.67. The van der Waals surface area contributed by atoms with Crippen LogP contribution in [0.25, 0.3) is 0 Å². The number of hydrogen-bond acceptors (Lipinski definition) is 7. The van der Waals surface area contributed by atoms with Gasteiger partial charge in [0.05, 0.1) is 29.2 Å². The molecular formula is C18H17ClN4O6S. The third-order valence-electron chi connectivity index (χ3n) is 4.25. The van der Waals surface area contributed by atoms with E-state index in [9.17, 15) is 23.3 Å². The molecule has 12 heteroatoms. The summed E-state index contributed by atoms with van der Waals surface area (Å²) in [5.41, 5.74) is 2.44. The molecule has 0 radical (unpaired) electrons. The second-order valence-corrected chi connectivity index (χ2v) is 8.56. The molecule has 1 aliphatic rings. The molecule has 0 aliphatic carbocycles. The molecule has 0 spiro atoms. The highest BCUT2D eigenvalue weighted by molar-refractivity contribution is 7.89. The number of nitro benzene ring substituents is 1. The lowest BCUT2D eigenvalue weighted by Crippen LogP contribution is -2.40. The zero-order chi connectivity index (χ0) is 21.7. The first-order valence-electron chi connectivity index (χ1n) is 8.74. The molecular weight excluding hydrogens is 436 g/mol. The zero-order valence-electron chi connectivity index (χ0n) is 15.5. The minimum atomic E-state index is -3.74. The van der Waals surface area contributed by atoms with Gasteiger partial charge in [0.1, 0.15) is 5.02 Å². The van der Waals surface area contributed by atoms with Gasteiger partial charge in [-0.05, 0) is 24.3 Å². The quantitative estimate of drug-likeness (QED) is 0.405. The van der Waals surface area contributed by atoms with Gasteiger partial charge in [0, 0.05) is 30.3 Å². The number of nitrogens with one attached hydrogen (secondary N) is 1. The molecule has 10 nitrogen and oxygen atoms in total. The average Bonchev–Trinajstić information content (AvgIpc) is 2.75. The molecule has 30 heavy (non-hydrogen) atoms. The number of morpholine rings is 1. The van der Waals surface area contributed by atoms with Gasteiger partial charge in [-0.2, -0.15) is 9.41 Å². The van der Waals surface area contributed by atoms with Crippen molar-refractivity contribution in [1.82, 2.24) is 9.73 Å². The van der Waals surface area contributed by atoms with Gasteiger partial charge in [-0.25, -0.2) is 13.8 Å². The van der Waals surface area contributed by atoms with E-state index in [4.69, 9.17) is 16.3 Å². The number of sulfonamides is 1.